The number of ether oxygens (including phenoxy) is 6. The van der Waals surface area contributed by atoms with Gasteiger partial charge in [0.05, 0.1) is 62.0 Å². The van der Waals surface area contributed by atoms with Crippen LogP contribution in [0.1, 0.15) is 134 Å². The van der Waals surface area contributed by atoms with E-state index in [-0.39, 0.29) is 94.1 Å². The smallest absolute Gasteiger partial charge is 0.407 e. The number of hydrogen-bond acceptors (Lipinski definition) is 16. The van der Waals surface area contributed by atoms with Crippen LogP contribution in [0.2, 0.25) is 0 Å². The van der Waals surface area contributed by atoms with Crippen LogP contribution in [0.15, 0.2) is 30.3 Å². The number of benzene rings is 1. The molecule has 0 aromatic heterocycles. The van der Waals surface area contributed by atoms with Crippen molar-refractivity contribution in [2.75, 3.05) is 81.9 Å². The van der Waals surface area contributed by atoms with E-state index in [0.717, 1.165) is 5.56 Å². The molecule has 1 aromatic rings. The number of rotatable bonds is 36. The summed E-state index contributed by atoms with van der Waals surface area (Å²) in [6.45, 7) is 24.2. The molecule has 0 spiro atoms. The van der Waals surface area contributed by atoms with Gasteiger partial charge in [0.15, 0.2) is 6.29 Å². The molecule has 0 radical (unpaired) electrons. The summed E-state index contributed by atoms with van der Waals surface area (Å²) in [7, 11) is 9.79. The van der Waals surface area contributed by atoms with Crippen molar-refractivity contribution in [3.8, 4) is 0 Å². The van der Waals surface area contributed by atoms with Crippen LogP contribution in [0.3, 0.4) is 0 Å². The Balaban J connectivity index is 2.13. The van der Waals surface area contributed by atoms with E-state index in [4.69, 9.17) is 28.4 Å². The third kappa shape index (κ3) is 24.3. The third-order valence-corrected chi connectivity index (χ3v) is 15.8. The van der Waals surface area contributed by atoms with Crippen molar-refractivity contribution in [2.24, 2.45) is 34.5 Å². The fraction of sp³-hybridized carbons (Fsp3) is 0.774. The Hall–Kier alpha value is -5.46. The highest BCUT2D eigenvalue weighted by Gasteiger charge is 2.44. The van der Waals surface area contributed by atoms with Crippen LogP contribution in [0.5, 0.6) is 0 Å². The Morgan fingerprint density at radius 1 is 0.765 bits per heavy atom. The molecule has 1 saturated heterocycles. The van der Waals surface area contributed by atoms with Crippen LogP contribution in [0.25, 0.3) is 0 Å². The summed E-state index contributed by atoms with van der Waals surface area (Å²) in [4.78, 5) is 115. The first kappa shape index (κ1) is 75.6. The van der Waals surface area contributed by atoms with Gasteiger partial charge < -0.3 is 69.9 Å². The number of likely N-dealkylation sites (N-methyl/N-ethyl adjacent to an activating group) is 2. The highest BCUT2D eigenvalue weighted by Crippen LogP contribution is 2.30. The van der Waals surface area contributed by atoms with Gasteiger partial charge in [0.25, 0.3) is 0 Å². The molecule has 1 aliphatic heterocycles. The van der Waals surface area contributed by atoms with Gasteiger partial charge in [-0.05, 0) is 67.5 Å². The zero-order valence-electron chi connectivity index (χ0n) is 54.7. The van der Waals surface area contributed by atoms with Gasteiger partial charge in [-0.3, -0.25) is 33.7 Å². The number of alkyl carbamates (subject to hydrolysis) is 1. The van der Waals surface area contributed by atoms with E-state index in [0.29, 0.717) is 25.8 Å². The van der Waals surface area contributed by atoms with Crippen molar-refractivity contribution in [3.05, 3.63) is 35.9 Å². The molecule has 1 heterocycles. The molecule has 2 unspecified atom stereocenters. The van der Waals surface area contributed by atoms with Gasteiger partial charge in [-0.15, -0.1) is 0 Å². The summed E-state index contributed by atoms with van der Waals surface area (Å²) in [6, 6.07) is 4.87. The molecule has 1 aliphatic rings. The molecule has 0 saturated carbocycles. The molecule has 486 valence electrons. The second-order valence-corrected chi connectivity index (χ2v) is 25.5. The van der Waals surface area contributed by atoms with E-state index in [9.17, 15) is 43.5 Å². The van der Waals surface area contributed by atoms with Crippen molar-refractivity contribution in [1.82, 2.24) is 41.3 Å². The Labute approximate surface area is 507 Å². The van der Waals surface area contributed by atoms with E-state index in [1.165, 1.54) is 21.3 Å². The fourth-order valence-electron chi connectivity index (χ4n) is 10.6. The highest BCUT2D eigenvalue weighted by molar-refractivity contribution is 5.91. The lowest BCUT2D eigenvalue weighted by molar-refractivity contribution is -0.203. The predicted molar refractivity (Wildman–Crippen MR) is 323 cm³/mol. The Morgan fingerprint density at radius 3 is 1.94 bits per heavy atom. The second-order valence-electron chi connectivity index (χ2n) is 25.5. The number of carbonyl (C=O) groups excluding carboxylic acids is 8. The van der Waals surface area contributed by atoms with E-state index in [2.05, 4.69) is 26.6 Å². The molecule has 6 N–H and O–H groups in total. The zero-order valence-corrected chi connectivity index (χ0v) is 54.7. The van der Waals surface area contributed by atoms with Gasteiger partial charge in [-0.2, -0.15) is 0 Å². The number of carbonyl (C=O) groups is 8. The molecule has 23 heteroatoms. The standard InChI is InChI=1S/C62H108N8O15/c1-20-40(6)52(69(16)58(77)50(38(2)3)67-57(76)51(39(4)5)68(14)15)45(80-17)35-48(73)70-32-24-28-44(70)53(82-19)41(7)55(74)65-43(34-42-26-22-21-23-27-42)56(75)63-30-25-33-83-59(78)54(62(11,12)13)66-47(72)29-31-64-60(79)84-37-49(81-18)85-46(36-71)61(8,9)10/h21-23,26-27,38-41,43-46,49-54,71H,20,24-25,28-37H2,1-19H3,(H,63,75)(H,64,79)(H,65,74)(H,66,72)(H,67,76)/t40-,41+,43-,44-,45+,46?,49?,50-,51-,52-,53+,54+/m1/s1. The lowest BCUT2D eigenvalue weighted by atomic mass is 9.86. The fourth-order valence-corrected chi connectivity index (χ4v) is 10.6. The average molecular weight is 1210 g/mol. The quantitative estimate of drug-likeness (QED) is 0.0307. The Bertz CT molecular complexity index is 2230. The van der Waals surface area contributed by atoms with Gasteiger partial charge in [-0.25, -0.2) is 9.59 Å². The van der Waals surface area contributed by atoms with E-state index < -0.39 is 107 Å². The summed E-state index contributed by atoms with van der Waals surface area (Å²) < 4.78 is 33.9. The molecule has 12 atom stereocenters. The van der Waals surface area contributed by atoms with Crippen LogP contribution < -0.4 is 26.6 Å². The highest BCUT2D eigenvalue weighted by atomic mass is 16.7. The normalized spacial score (nSPS) is 17.7. The summed E-state index contributed by atoms with van der Waals surface area (Å²) in [5, 5.41) is 23.7. The molecule has 1 aromatic carbocycles. The van der Waals surface area contributed by atoms with Gasteiger partial charge in [0, 0.05) is 60.9 Å². The Kier molecular flexibility index (Phi) is 32.6. The van der Waals surface area contributed by atoms with Crippen molar-refractivity contribution in [1.29, 1.82) is 0 Å². The number of amides is 7. The molecule has 2 rings (SSSR count). The van der Waals surface area contributed by atoms with E-state index in [1.807, 2.05) is 112 Å². The number of aliphatic hydroxyl groups excluding tert-OH is 1. The van der Waals surface area contributed by atoms with Crippen LogP contribution in [-0.2, 0) is 68.4 Å². The first-order valence-corrected chi connectivity index (χ1v) is 30.2. The number of methoxy groups -OCH3 is 3. The average Bonchev–Trinajstić information content (AvgIpc) is 2.95. The lowest BCUT2D eigenvalue weighted by Gasteiger charge is -2.41. The molecule has 0 bridgehead atoms. The lowest BCUT2D eigenvalue weighted by Crippen LogP contribution is -2.59. The summed E-state index contributed by atoms with van der Waals surface area (Å²) in [5.41, 5.74) is -0.362. The maximum atomic E-state index is 14.5. The van der Waals surface area contributed by atoms with Crippen LogP contribution >= 0.6 is 0 Å². The van der Waals surface area contributed by atoms with Crippen molar-refractivity contribution in [3.63, 3.8) is 0 Å². The van der Waals surface area contributed by atoms with Gasteiger partial charge >= 0.3 is 12.1 Å². The monoisotopic (exact) mass is 1200 g/mol. The van der Waals surface area contributed by atoms with Crippen LogP contribution in [-0.4, -0.2) is 210 Å². The molecular weight excluding hydrogens is 1100 g/mol. The number of esters is 1. The predicted octanol–water partition coefficient (Wildman–Crippen LogP) is 4.45. The SMILES string of the molecule is CC[C@@H](C)[C@H]([C@H](CC(=O)N1CCC[C@@H]1[C@@H](OC)[C@H](C)C(=O)N[C@H](Cc1ccccc1)C(=O)NCCCOC(=O)[C@H](NC(=O)CCNC(=O)OCC(OC)OC(CO)C(C)(C)C)C(C)(C)C)OC)N(C)C(=O)[C@H](NC(=O)[C@@H](C(C)C)N(C)C)C(C)C. The molecule has 0 aliphatic carbocycles. The van der Waals surface area contributed by atoms with E-state index >= 15 is 0 Å². The van der Waals surface area contributed by atoms with Gasteiger partial charge in [0.1, 0.15) is 24.7 Å². The van der Waals surface area contributed by atoms with Crippen molar-refractivity contribution < 1.29 is 71.9 Å². The minimum absolute atomic E-state index is 0.00165. The summed E-state index contributed by atoms with van der Waals surface area (Å²) >= 11 is 0. The number of nitrogens with zero attached hydrogens (tertiary/aromatic N) is 3. The van der Waals surface area contributed by atoms with Crippen molar-refractivity contribution in [2.45, 2.75) is 196 Å². The van der Waals surface area contributed by atoms with Gasteiger partial charge in [0.2, 0.25) is 35.4 Å². The number of aliphatic hydroxyl groups is 1. The number of hydrogen-bond donors (Lipinski definition) is 6. The van der Waals surface area contributed by atoms with Crippen LogP contribution in [0, 0.1) is 34.5 Å². The molecule has 1 fully saturated rings. The topological polar surface area (TPSA) is 282 Å². The second kappa shape index (κ2) is 36.6. The number of likely N-dealkylation sites (tertiary alicyclic amines) is 1. The number of nitrogens with one attached hydrogen (secondary N) is 5. The largest absolute Gasteiger partial charge is 0.464 e. The summed E-state index contributed by atoms with van der Waals surface area (Å²) in [6.07, 6.45) is -1.75. The van der Waals surface area contributed by atoms with Gasteiger partial charge in [-0.1, -0.05) is 127 Å². The molecular formula is C62H108N8O15. The Morgan fingerprint density at radius 2 is 1.41 bits per heavy atom. The zero-order chi connectivity index (χ0) is 64.5. The molecule has 23 nitrogen and oxygen atoms in total. The first-order valence-electron chi connectivity index (χ1n) is 30.2. The van der Waals surface area contributed by atoms with Crippen molar-refractivity contribution >= 4 is 47.5 Å². The maximum Gasteiger partial charge on any atom is 0.407 e. The summed E-state index contributed by atoms with van der Waals surface area (Å²) in [5.74, 6) is -4.02. The maximum absolute atomic E-state index is 14.5. The minimum Gasteiger partial charge on any atom is -0.464 e. The van der Waals surface area contributed by atoms with E-state index in [1.54, 1.807) is 44.5 Å². The third-order valence-electron chi connectivity index (χ3n) is 15.8. The molecule has 7 amide bonds. The minimum atomic E-state index is -1.05. The van der Waals surface area contributed by atoms with Crippen LogP contribution in [0.4, 0.5) is 4.79 Å². The first-order chi connectivity index (χ1) is 39.8. The molecule has 85 heavy (non-hydrogen) atoms.